The predicted octanol–water partition coefficient (Wildman–Crippen LogP) is 4.28. The molecule has 0 bridgehead atoms. The largest absolute Gasteiger partial charge is 0.481 e. The lowest BCUT2D eigenvalue weighted by molar-refractivity contribution is -0.139. The van der Waals surface area contributed by atoms with E-state index in [-0.39, 0.29) is 4.90 Å². The van der Waals surface area contributed by atoms with Gasteiger partial charge in [0.2, 0.25) is 0 Å². The monoisotopic (exact) mass is 386 g/mol. The van der Waals surface area contributed by atoms with E-state index in [0.717, 1.165) is 28.5 Å². The highest BCUT2D eigenvalue weighted by atomic mass is 32.2. The lowest BCUT2D eigenvalue weighted by Gasteiger charge is -2.11. The molecule has 140 valence electrons. The molecule has 6 heteroatoms. The molecule has 2 aromatic carbocycles. The first-order valence-corrected chi connectivity index (χ1v) is 10.2. The maximum Gasteiger partial charge on any atom is 0.310 e. The Morgan fingerprint density at radius 3 is 2.30 bits per heavy atom. The van der Waals surface area contributed by atoms with Crippen LogP contribution >= 0.6 is 0 Å². The summed E-state index contributed by atoms with van der Waals surface area (Å²) < 4.78 is 37.0. The number of aliphatic carboxylic acids is 1. The fourth-order valence-corrected chi connectivity index (χ4v) is 4.00. The van der Waals surface area contributed by atoms with Crippen LogP contribution in [0.5, 0.6) is 0 Å². The summed E-state index contributed by atoms with van der Waals surface area (Å²) in [5, 5.41) is 9.43. The van der Waals surface area contributed by atoms with Crippen molar-refractivity contribution in [3.8, 4) is 0 Å². The van der Waals surface area contributed by atoms with Crippen LogP contribution in [0.15, 0.2) is 52.9 Å². The van der Waals surface area contributed by atoms with Gasteiger partial charge >= 0.3 is 5.97 Å². The molecular weight excluding hydrogens is 367 g/mol. The van der Waals surface area contributed by atoms with Crippen LogP contribution in [0.3, 0.4) is 0 Å². The van der Waals surface area contributed by atoms with Crippen molar-refractivity contribution in [2.75, 3.05) is 6.26 Å². The maximum absolute atomic E-state index is 13.8. The minimum Gasteiger partial charge on any atom is -0.481 e. The van der Waals surface area contributed by atoms with Crippen molar-refractivity contribution in [2.24, 2.45) is 5.92 Å². The van der Waals surface area contributed by atoms with E-state index < -0.39 is 27.5 Å². The second kappa shape index (κ2) is 6.78. The molecule has 0 spiro atoms. The van der Waals surface area contributed by atoms with Crippen molar-refractivity contribution >= 4 is 33.0 Å². The van der Waals surface area contributed by atoms with E-state index in [0.29, 0.717) is 11.1 Å². The first-order valence-electron chi connectivity index (χ1n) is 8.35. The molecule has 1 aliphatic rings. The standard InChI is InChI=1S/C21H19FO4S/c1-12-18(10-14-4-7-16(8-5-14)27(3,25)26)17-9-6-15(22)11-19(17)20(12)13(2)21(23)24/h4-11,13H,1-3H3,(H,23,24)/b18-10+. The molecule has 0 radical (unpaired) electrons. The molecule has 0 amide bonds. The SMILES string of the molecule is CC1=C(C(C)C(=O)O)c2cc(F)ccc2/C1=C/c1ccc(S(C)(=O)=O)cc1. The lowest BCUT2D eigenvalue weighted by Crippen LogP contribution is -2.11. The number of sulfone groups is 1. The Morgan fingerprint density at radius 2 is 1.74 bits per heavy atom. The minimum absolute atomic E-state index is 0.228. The molecule has 0 fully saturated rings. The summed E-state index contributed by atoms with van der Waals surface area (Å²) in [6.45, 7) is 3.41. The first kappa shape index (κ1) is 19.0. The van der Waals surface area contributed by atoms with Crippen molar-refractivity contribution in [2.45, 2.75) is 18.7 Å². The van der Waals surface area contributed by atoms with Crippen molar-refractivity contribution in [1.82, 2.24) is 0 Å². The lowest BCUT2D eigenvalue weighted by atomic mass is 9.94. The van der Waals surface area contributed by atoms with Gasteiger partial charge in [-0.3, -0.25) is 4.79 Å². The third-order valence-electron chi connectivity index (χ3n) is 4.79. The zero-order chi connectivity index (χ0) is 19.9. The van der Waals surface area contributed by atoms with Gasteiger partial charge in [0.25, 0.3) is 0 Å². The number of fused-ring (bicyclic) bond motifs is 1. The summed E-state index contributed by atoms with van der Waals surface area (Å²) in [4.78, 5) is 11.7. The number of allylic oxidation sites excluding steroid dienone is 2. The number of hydrogen-bond acceptors (Lipinski definition) is 3. The van der Waals surface area contributed by atoms with Crippen LogP contribution in [0.4, 0.5) is 4.39 Å². The number of rotatable bonds is 4. The van der Waals surface area contributed by atoms with Gasteiger partial charge in [-0.25, -0.2) is 12.8 Å². The van der Waals surface area contributed by atoms with Crippen molar-refractivity contribution < 1.29 is 22.7 Å². The fourth-order valence-electron chi connectivity index (χ4n) is 3.37. The second-order valence-electron chi connectivity index (χ2n) is 6.69. The first-order chi connectivity index (χ1) is 12.6. The number of halogens is 1. The number of carboxylic acids is 1. The number of carbonyl (C=O) groups is 1. The van der Waals surface area contributed by atoms with Gasteiger partial charge < -0.3 is 5.11 Å². The molecule has 1 atom stereocenters. The van der Waals surface area contributed by atoms with Gasteiger partial charge in [-0.15, -0.1) is 0 Å². The number of benzene rings is 2. The summed E-state index contributed by atoms with van der Waals surface area (Å²) in [5.41, 5.74) is 4.30. The molecule has 0 heterocycles. The zero-order valence-corrected chi connectivity index (χ0v) is 16.0. The Morgan fingerprint density at radius 1 is 1.11 bits per heavy atom. The average Bonchev–Trinajstić information content (AvgIpc) is 2.85. The van der Waals surface area contributed by atoms with E-state index in [9.17, 15) is 22.7 Å². The summed E-state index contributed by atoms with van der Waals surface area (Å²) in [6, 6.07) is 10.8. The van der Waals surface area contributed by atoms with Crippen molar-refractivity contribution in [1.29, 1.82) is 0 Å². The molecular formula is C21H19FO4S. The van der Waals surface area contributed by atoms with Crippen LogP contribution < -0.4 is 0 Å². The average molecular weight is 386 g/mol. The summed E-state index contributed by atoms with van der Waals surface area (Å²) >= 11 is 0. The van der Waals surface area contributed by atoms with Crippen molar-refractivity contribution in [3.63, 3.8) is 0 Å². The molecule has 0 aliphatic heterocycles. The van der Waals surface area contributed by atoms with E-state index >= 15 is 0 Å². The Bertz CT molecular complexity index is 1090. The van der Waals surface area contributed by atoms with Crippen LogP contribution in [0.2, 0.25) is 0 Å². The van der Waals surface area contributed by atoms with Crippen LogP contribution in [0.25, 0.3) is 17.2 Å². The highest BCUT2D eigenvalue weighted by molar-refractivity contribution is 7.90. The van der Waals surface area contributed by atoms with E-state index in [4.69, 9.17) is 0 Å². The summed E-state index contributed by atoms with van der Waals surface area (Å²) in [6.07, 6.45) is 3.01. The summed E-state index contributed by atoms with van der Waals surface area (Å²) in [5.74, 6) is -2.17. The summed E-state index contributed by atoms with van der Waals surface area (Å²) in [7, 11) is -3.28. The molecule has 0 aromatic heterocycles. The van der Waals surface area contributed by atoms with Crippen LogP contribution in [-0.2, 0) is 14.6 Å². The number of hydrogen-bond donors (Lipinski definition) is 1. The Balaban J connectivity index is 2.15. The highest BCUT2D eigenvalue weighted by Gasteiger charge is 2.30. The molecule has 2 aromatic rings. The molecule has 3 rings (SSSR count). The van der Waals surface area contributed by atoms with Crippen LogP contribution in [-0.4, -0.2) is 25.7 Å². The topological polar surface area (TPSA) is 71.4 Å². The Labute approximate surface area is 157 Å². The smallest absolute Gasteiger partial charge is 0.310 e. The minimum atomic E-state index is -3.28. The van der Waals surface area contributed by atoms with Crippen LogP contribution in [0, 0.1) is 11.7 Å². The van der Waals surface area contributed by atoms with E-state index in [2.05, 4.69) is 0 Å². The number of carboxylic acid groups (broad SMARTS) is 1. The van der Waals surface area contributed by atoms with Gasteiger partial charge in [0, 0.05) is 6.26 Å². The normalized spacial score (nSPS) is 16.5. The molecule has 27 heavy (non-hydrogen) atoms. The van der Waals surface area contributed by atoms with Gasteiger partial charge in [0.1, 0.15) is 5.82 Å². The maximum atomic E-state index is 13.8. The predicted molar refractivity (Wildman–Crippen MR) is 103 cm³/mol. The molecule has 1 N–H and O–H groups in total. The molecule has 0 saturated carbocycles. The molecule has 0 saturated heterocycles. The third kappa shape index (κ3) is 3.57. The highest BCUT2D eigenvalue weighted by Crippen LogP contribution is 2.45. The van der Waals surface area contributed by atoms with Gasteiger partial charge in [-0.2, -0.15) is 0 Å². The Kier molecular flexibility index (Phi) is 4.78. The Hall–Kier alpha value is -2.73. The van der Waals surface area contributed by atoms with Gasteiger partial charge in [0.05, 0.1) is 10.8 Å². The fraction of sp³-hybridized carbons (Fsp3) is 0.190. The molecule has 1 aliphatic carbocycles. The van der Waals surface area contributed by atoms with Crippen LogP contribution in [0.1, 0.15) is 30.5 Å². The third-order valence-corrected chi connectivity index (χ3v) is 5.92. The second-order valence-corrected chi connectivity index (χ2v) is 8.70. The molecule has 1 unspecified atom stereocenters. The zero-order valence-electron chi connectivity index (χ0n) is 15.2. The molecule has 4 nitrogen and oxygen atoms in total. The van der Waals surface area contributed by atoms with E-state index in [1.165, 1.54) is 24.3 Å². The van der Waals surface area contributed by atoms with Gasteiger partial charge in [-0.05, 0) is 77.6 Å². The van der Waals surface area contributed by atoms with Gasteiger partial charge in [0.15, 0.2) is 9.84 Å². The van der Waals surface area contributed by atoms with E-state index in [1.54, 1.807) is 25.1 Å². The van der Waals surface area contributed by atoms with Gasteiger partial charge in [-0.1, -0.05) is 18.2 Å². The van der Waals surface area contributed by atoms with Crippen molar-refractivity contribution in [3.05, 3.63) is 70.5 Å². The van der Waals surface area contributed by atoms with E-state index in [1.807, 2.05) is 13.0 Å². The quantitative estimate of drug-likeness (QED) is 0.851.